The van der Waals surface area contributed by atoms with Crippen molar-refractivity contribution in [2.24, 2.45) is 11.0 Å². The van der Waals surface area contributed by atoms with Gasteiger partial charge in [-0.3, -0.25) is 9.59 Å². The number of hydrogen-bond donors (Lipinski definition) is 0. The average Bonchev–Trinajstić information content (AvgIpc) is 2.70. The first kappa shape index (κ1) is 21.7. The fourth-order valence-corrected chi connectivity index (χ4v) is 5.03. The molecule has 1 aromatic rings. The van der Waals surface area contributed by atoms with E-state index in [1.165, 1.54) is 12.1 Å². The second-order valence-electron chi connectivity index (χ2n) is 6.48. The zero-order valence-electron chi connectivity index (χ0n) is 15.8. The van der Waals surface area contributed by atoms with E-state index in [2.05, 4.69) is 10.0 Å². The Morgan fingerprint density at radius 2 is 1.64 bits per heavy atom. The number of piperidine rings is 1. The Hall–Kier alpha value is -2.62. The molecule has 1 heterocycles. The Bertz CT molecular complexity index is 853. The van der Waals surface area contributed by atoms with Crippen molar-refractivity contribution in [3.8, 4) is 0 Å². The number of ether oxygens (including phenoxy) is 2. The van der Waals surface area contributed by atoms with Crippen molar-refractivity contribution in [3.63, 3.8) is 0 Å². The maximum absolute atomic E-state index is 13.3. The Morgan fingerprint density at radius 1 is 1.14 bits per heavy atom. The van der Waals surface area contributed by atoms with Crippen LogP contribution in [0.4, 0.5) is 0 Å². The third-order valence-corrected chi connectivity index (χ3v) is 6.61. The molecule has 152 valence electrons. The van der Waals surface area contributed by atoms with Gasteiger partial charge in [0.25, 0.3) is 0 Å². The molecule has 28 heavy (non-hydrogen) atoms. The van der Waals surface area contributed by atoms with E-state index in [0.717, 1.165) is 24.1 Å². The average molecular weight is 410 g/mol. The van der Waals surface area contributed by atoms with Crippen LogP contribution in [0, 0.1) is 12.8 Å². The highest BCUT2D eigenvalue weighted by Gasteiger charge is 2.49. The number of carbonyl (C=O) groups excluding carboxylic acids is 2. The van der Waals surface area contributed by atoms with Crippen molar-refractivity contribution < 1.29 is 27.5 Å². The molecule has 0 aromatic heterocycles. The highest BCUT2D eigenvalue weighted by Crippen LogP contribution is 2.34. The van der Waals surface area contributed by atoms with Gasteiger partial charge in [-0.05, 0) is 43.3 Å². The topological polar surface area (TPSA) is 139 Å². The molecule has 0 radical (unpaired) electrons. The van der Waals surface area contributed by atoms with Gasteiger partial charge < -0.3 is 9.47 Å². The molecule has 11 heteroatoms. The predicted octanol–water partition coefficient (Wildman–Crippen LogP) is 1.79. The second-order valence-corrected chi connectivity index (χ2v) is 8.32. The van der Waals surface area contributed by atoms with Crippen molar-refractivity contribution in [2.75, 3.05) is 20.8 Å². The van der Waals surface area contributed by atoms with Gasteiger partial charge in [0.2, 0.25) is 10.0 Å². The second kappa shape index (κ2) is 9.05. The minimum Gasteiger partial charge on any atom is -0.468 e. The summed E-state index contributed by atoms with van der Waals surface area (Å²) >= 11 is 0. The first-order valence-electron chi connectivity index (χ1n) is 8.53. The molecular weight excluding hydrogens is 388 g/mol. The molecule has 0 aliphatic carbocycles. The lowest BCUT2D eigenvalue weighted by Crippen LogP contribution is -2.58. The minimum atomic E-state index is -4.20. The van der Waals surface area contributed by atoms with Gasteiger partial charge in [0, 0.05) is 11.5 Å². The first-order chi connectivity index (χ1) is 13.3. The van der Waals surface area contributed by atoms with Gasteiger partial charge in [-0.15, -0.1) is 0 Å². The number of benzene rings is 1. The molecule has 0 amide bonds. The summed E-state index contributed by atoms with van der Waals surface area (Å²) in [4.78, 5) is 27.5. The maximum atomic E-state index is 13.3. The zero-order valence-corrected chi connectivity index (χ0v) is 16.6. The molecule has 0 saturated carbocycles. The van der Waals surface area contributed by atoms with Gasteiger partial charge in [0.1, 0.15) is 12.1 Å². The lowest BCUT2D eigenvalue weighted by molar-refractivity contribution is -0.154. The van der Waals surface area contributed by atoms with Crippen molar-refractivity contribution in [1.29, 1.82) is 0 Å². The van der Waals surface area contributed by atoms with Crippen LogP contribution >= 0.6 is 0 Å². The highest BCUT2D eigenvalue weighted by molar-refractivity contribution is 7.89. The molecule has 1 aromatic carbocycles. The van der Waals surface area contributed by atoms with Gasteiger partial charge in [-0.1, -0.05) is 22.8 Å². The Labute approximate surface area is 163 Å². The fraction of sp³-hybridized carbons (Fsp3) is 0.529. The van der Waals surface area contributed by atoms with E-state index in [0.29, 0.717) is 0 Å². The van der Waals surface area contributed by atoms with Crippen LogP contribution in [0.1, 0.15) is 18.4 Å². The third kappa shape index (κ3) is 4.44. The predicted molar refractivity (Wildman–Crippen MR) is 98.5 cm³/mol. The lowest BCUT2D eigenvalue weighted by Gasteiger charge is -2.41. The SMILES string of the molecule is COC(=O)[C@H]1CC(CN=[N+]=[N-])C[C@@H](C(=O)OC)N1S(=O)(=O)c1ccc(C)cc1. The van der Waals surface area contributed by atoms with Crippen LogP contribution in [0.5, 0.6) is 0 Å². The van der Waals surface area contributed by atoms with Gasteiger partial charge in [0.05, 0.1) is 19.1 Å². The first-order valence-corrected chi connectivity index (χ1v) is 9.97. The van der Waals surface area contributed by atoms with Crippen LogP contribution in [-0.2, 0) is 29.1 Å². The van der Waals surface area contributed by atoms with Gasteiger partial charge in [-0.25, -0.2) is 8.42 Å². The molecule has 1 aliphatic rings. The van der Waals surface area contributed by atoms with E-state index in [4.69, 9.17) is 15.0 Å². The van der Waals surface area contributed by atoms with Crippen molar-refractivity contribution in [3.05, 3.63) is 40.3 Å². The highest BCUT2D eigenvalue weighted by atomic mass is 32.2. The van der Waals surface area contributed by atoms with Crippen LogP contribution in [0.25, 0.3) is 10.4 Å². The molecule has 3 atom stereocenters. The van der Waals surface area contributed by atoms with E-state index in [9.17, 15) is 18.0 Å². The number of nitrogens with zero attached hydrogens (tertiary/aromatic N) is 4. The van der Waals surface area contributed by atoms with Crippen molar-refractivity contribution >= 4 is 22.0 Å². The molecule has 1 aliphatic heterocycles. The van der Waals surface area contributed by atoms with Gasteiger partial charge in [0.15, 0.2) is 0 Å². The molecular formula is C17H22N4O6S. The van der Waals surface area contributed by atoms with E-state index in [1.807, 2.05) is 6.92 Å². The molecule has 1 fully saturated rings. The van der Waals surface area contributed by atoms with Crippen molar-refractivity contribution in [2.45, 2.75) is 36.7 Å². The van der Waals surface area contributed by atoms with E-state index in [1.54, 1.807) is 12.1 Å². The molecule has 0 spiro atoms. The van der Waals surface area contributed by atoms with Gasteiger partial charge in [-0.2, -0.15) is 4.31 Å². The van der Waals surface area contributed by atoms with Crippen LogP contribution in [-0.4, -0.2) is 57.5 Å². The maximum Gasteiger partial charge on any atom is 0.324 e. The van der Waals surface area contributed by atoms with E-state index < -0.39 is 34.0 Å². The zero-order chi connectivity index (χ0) is 20.9. The smallest absolute Gasteiger partial charge is 0.324 e. The standard InChI is InChI=1S/C17H22N4O6S/c1-11-4-6-13(7-5-11)28(24,25)21-14(16(22)26-2)8-12(10-19-20-18)9-15(21)17(23)27-3/h4-7,12,14-15H,8-10H2,1-3H3/t12?,14-,15+. The number of esters is 2. The Balaban J connectivity index is 2.56. The Morgan fingerprint density at radius 3 is 2.07 bits per heavy atom. The van der Waals surface area contributed by atoms with Crippen LogP contribution in [0.3, 0.4) is 0 Å². The molecule has 1 saturated heterocycles. The monoisotopic (exact) mass is 410 g/mol. The summed E-state index contributed by atoms with van der Waals surface area (Å²) in [5.41, 5.74) is 9.42. The summed E-state index contributed by atoms with van der Waals surface area (Å²) in [6.45, 7) is 1.84. The van der Waals surface area contributed by atoms with Crippen LogP contribution < -0.4 is 0 Å². The summed E-state index contributed by atoms with van der Waals surface area (Å²) in [6, 6.07) is 3.60. The quantitative estimate of drug-likeness (QED) is 0.303. The third-order valence-electron chi connectivity index (χ3n) is 4.67. The number of sulfonamides is 1. The van der Waals surface area contributed by atoms with Crippen LogP contribution in [0.15, 0.2) is 34.3 Å². The number of methoxy groups -OCH3 is 2. The number of azide groups is 1. The fourth-order valence-electron chi connectivity index (χ4n) is 3.29. The molecule has 10 nitrogen and oxygen atoms in total. The van der Waals surface area contributed by atoms with Crippen molar-refractivity contribution in [1.82, 2.24) is 4.31 Å². The number of carbonyl (C=O) groups is 2. The summed E-state index contributed by atoms with van der Waals surface area (Å²) < 4.78 is 37.0. The summed E-state index contributed by atoms with van der Waals surface area (Å²) in [6.07, 6.45) is 0.120. The number of aryl methyl sites for hydroxylation is 1. The molecule has 0 N–H and O–H groups in total. The minimum absolute atomic E-state index is 0.0237. The van der Waals surface area contributed by atoms with Gasteiger partial charge >= 0.3 is 11.9 Å². The molecule has 0 bridgehead atoms. The summed E-state index contributed by atoms with van der Waals surface area (Å²) in [5, 5.41) is 3.50. The largest absolute Gasteiger partial charge is 0.468 e. The molecule has 1 unspecified atom stereocenters. The van der Waals surface area contributed by atoms with Crippen LogP contribution in [0.2, 0.25) is 0 Å². The summed E-state index contributed by atoms with van der Waals surface area (Å²) in [5.74, 6) is -1.97. The normalized spacial score (nSPS) is 22.8. The Kier molecular flexibility index (Phi) is 7.00. The summed E-state index contributed by atoms with van der Waals surface area (Å²) in [7, 11) is -1.92. The van der Waals surface area contributed by atoms with E-state index >= 15 is 0 Å². The molecule has 2 rings (SSSR count). The van der Waals surface area contributed by atoms with E-state index in [-0.39, 0.29) is 30.2 Å². The number of rotatable bonds is 6. The number of hydrogen-bond acceptors (Lipinski definition) is 7. The lowest BCUT2D eigenvalue weighted by atomic mass is 9.87.